The van der Waals surface area contributed by atoms with Crippen molar-refractivity contribution in [1.29, 1.82) is 0 Å². The number of hydrogen-bond donors (Lipinski definition) is 1. The number of nitrogens with zero attached hydrogens (tertiary/aromatic N) is 4. The molecule has 116 valence electrons. The van der Waals surface area contributed by atoms with Crippen LogP contribution in [0.3, 0.4) is 0 Å². The Morgan fingerprint density at radius 1 is 1.50 bits per heavy atom. The van der Waals surface area contributed by atoms with Crippen molar-refractivity contribution >= 4 is 23.3 Å². The summed E-state index contributed by atoms with van der Waals surface area (Å²) in [6.45, 7) is 1.61. The van der Waals surface area contributed by atoms with Gasteiger partial charge in [0.25, 0.3) is 5.91 Å². The van der Waals surface area contributed by atoms with E-state index in [2.05, 4.69) is 20.3 Å². The molecule has 7 heteroatoms. The number of carbonyl (C=O) groups is 1. The second-order valence-electron chi connectivity index (χ2n) is 5.47. The molecule has 1 fully saturated rings. The Balaban J connectivity index is 1.66. The molecule has 0 radical (unpaired) electrons. The molecule has 1 unspecified atom stereocenters. The van der Waals surface area contributed by atoms with Crippen LogP contribution in [0.2, 0.25) is 5.02 Å². The van der Waals surface area contributed by atoms with E-state index in [0.29, 0.717) is 17.1 Å². The lowest BCUT2D eigenvalue weighted by atomic mass is 10.1. The van der Waals surface area contributed by atoms with E-state index in [-0.39, 0.29) is 11.9 Å². The van der Waals surface area contributed by atoms with Crippen molar-refractivity contribution in [3.8, 4) is 0 Å². The first-order chi connectivity index (χ1) is 10.6. The maximum Gasteiger partial charge on any atom is 0.254 e. The third-order valence-corrected chi connectivity index (χ3v) is 4.06. The maximum absolute atomic E-state index is 12.2. The topological polar surface area (TPSA) is 63.1 Å². The fourth-order valence-electron chi connectivity index (χ4n) is 2.70. The van der Waals surface area contributed by atoms with E-state index < -0.39 is 0 Å². The predicted molar refractivity (Wildman–Crippen MR) is 85.2 cm³/mol. The van der Waals surface area contributed by atoms with Gasteiger partial charge in [-0.05, 0) is 25.0 Å². The highest BCUT2D eigenvalue weighted by atomic mass is 35.5. The third-order valence-electron chi connectivity index (χ3n) is 3.76. The van der Waals surface area contributed by atoms with Gasteiger partial charge in [0.1, 0.15) is 5.82 Å². The van der Waals surface area contributed by atoms with E-state index in [0.717, 1.165) is 25.2 Å². The van der Waals surface area contributed by atoms with Gasteiger partial charge in [0.05, 0.1) is 16.8 Å². The number of aryl methyl sites for hydroxylation is 1. The lowest BCUT2D eigenvalue weighted by molar-refractivity contribution is 0.0933. The molecule has 22 heavy (non-hydrogen) atoms. The lowest BCUT2D eigenvalue weighted by Gasteiger charge is -2.34. The van der Waals surface area contributed by atoms with E-state index in [1.165, 1.54) is 0 Å². The van der Waals surface area contributed by atoms with Gasteiger partial charge >= 0.3 is 0 Å². The van der Waals surface area contributed by atoms with E-state index in [4.69, 9.17) is 11.6 Å². The number of pyridine rings is 1. The van der Waals surface area contributed by atoms with Gasteiger partial charge in [-0.1, -0.05) is 11.6 Å². The molecular formula is C15H18ClN5O. The number of piperidine rings is 1. The number of aromatic nitrogens is 3. The van der Waals surface area contributed by atoms with Crippen LogP contribution in [0.15, 0.2) is 30.7 Å². The molecule has 1 saturated heterocycles. The average molecular weight is 320 g/mol. The third kappa shape index (κ3) is 3.22. The van der Waals surface area contributed by atoms with Crippen LogP contribution in [0.5, 0.6) is 0 Å². The molecule has 1 aliphatic rings. The number of nitrogens with one attached hydrogen (secondary N) is 1. The Bertz CT molecular complexity index is 671. The highest BCUT2D eigenvalue weighted by Crippen LogP contribution is 2.25. The van der Waals surface area contributed by atoms with Crippen molar-refractivity contribution in [2.45, 2.75) is 18.9 Å². The van der Waals surface area contributed by atoms with E-state index in [9.17, 15) is 4.79 Å². The summed E-state index contributed by atoms with van der Waals surface area (Å²) in [7, 11) is 1.79. The molecule has 1 amide bonds. The number of carbonyl (C=O) groups excluding carboxylic acids is 1. The Labute approximate surface area is 134 Å². The molecule has 0 aromatic carbocycles. The van der Waals surface area contributed by atoms with Crippen LogP contribution in [-0.4, -0.2) is 39.8 Å². The van der Waals surface area contributed by atoms with E-state index in [1.54, 1.807) is 30.3 Å². The summed E-state index contributed by atoms with van der Waals surface area (Å²) < 4.78 is 1.62. The summed E-state index contributed by atoms with van der Waals surface area (Å²) >= 11 is 6.21. The molecule has 0 saturated carbocycles. The first kappa shape index (κ1) is 14.8. The molecule has 1 N–H and O–H groups in total. The van der Waals surface area contributed by atoms with Crippen molar-refractivity contribution in [3.63, 3.8) is 0 Å². The molecule has 3 heterocycles. The SMILES string of the molecule is Cn1cc(C(=O)NC2CCCN(c3ncccc3Cl)C2)cn1. The van der Waals surface area contributed by atoms with Crippen LogP contribution in [0.25, 0.3) is 0 Å². The van der Waals surface area contributed by atoms with Gasteiger partial charge in [0.15, 0.2) is 0 Å². The van der Waals surface area contributed by atoms with E-state index >= 15 is 0 Å². The van der Waals surface area contributed by atoms with Gasteiger partial charge in [-0.25, -0.2) is 4.98 Å². The van der Waals surface area contributed by atoms with Gasteiger partial charge in [-0.15, -0.1) is 0 Å². The van der Waals surface area contributed by atoms with Gasteiger partial charge in [-0.3, -0.25) is 9.48 Å². The lowest BCUT2D eigenvalue weighted by Crippen LogP contribution is -2.48. The number of amides is 1. The zero-order valence-corrected chi connectivity index (χ0v) is 13.1. The zero-order valence-electron chi connectivity index (χ0n) is 12.4. The zero-order chi connectivity index (χ0) is 15.5. The normalized spacial score (nSPS) is 18.3. The highest BCUT2D eigenvalue weighted by molar-refractivity contribution is 6.32. The minimum atomic E-state index is -0.0907. The smallest absolute Gasteiger partial charge is 0.254 e. The van der Waals surface area contributed by atoms with Crippen molar-refractivity contribution in [3.05, 3.63) is 41.3 Å². The number of halogens is 1. The molecule has 1 aliphatic heterocycles. The van der Waals surface area contributed by atoms with Crippen LogP contribution >= 0.6 is 11.6 Å². The molecule has 0 spiro atoms. The quantitative estimate of drug-likeness (QED) is 0.938. The Morgan fingerprint density at radius 3 is 3.09 bits per heavy atom. The molecular weight excluding hydrogens is 302 g/mol. The molecule has 2 aromatic heterocycles. The van der Waals surface area contributed by atoms with Crippen molar-refractivity contribution in [2.24, 2.45) is 7.05 Å². The first-order valence-corrected chi connectivity index (χ1v) is 7.66. The van der Waals surface area contributed by atoms with Crippen molar-refractivity contribution < 1.29 is 4.79 Å². The molecule has 3 rings (SSSR count). The Morgan fingerprint density at radius 2 is 2.36 bits per heavy atom. The fraction of sp³-hybridized carbons (Fsp3) is 0.400. The second kappa shape index (κ2) is 6.36. The van der Waals surface area contributed by atoms with E-state index in [1.807, 2.05) is 12.1 Å². The Hall–Kier alpha value is -2.08. The standard InChI is InChI=1S/C15H18ClN5O/c1-20-9-11(8-18-20)15(22)19-12-4-3-7-21(10-12)14-13(16)5-2-6-17-14/h2,5-6,8-9,12H,3-4,7,10H2,1H3,(H,19,22). The molecule has 0 bridgehead atoms. The first-order valence-electron chi connectivity index (χ1n) is 7.28. The van der Waals surface area contributed by atoms with Gasteiger partial charge in [0.2, 0.25) is 0 Å². The summed E-state index contributed by atoms with van der Waals surface area (Å²) in [6.07, 6.45) is 6.97. The minimum absolute atomic E-state index is 0.0829. The van der Waals surface area contributed by atoms with Crippen molar-refractivity contribution in [2.75, 3.05) is 18.0 Å². The summed E-state index contributed by atoms with van der Waals surface area (Å²) in [4.78, 5) is 18.7. The molecule has 1 atom stereocenters. The summed E-state index contributed by atoms with van der Waals surface area (Å²) in [6, 6.07) is 3.73. The largest absolute Gasteiger partial charge is 0.353 e. The maximum atomic E-state index is 12.2. The summed E-state index contributed by atoms with van der Waals surface area (Å²) in [5.41, 5.74) is 0.579. The van der Waals surface area contributed by atoms with Gasteiger partial charge in [0, 0.05) is 38.6 Å². The van der Waals surface area contributed by atoms with Crippen LogP contribution in [0.4, 0.5) is 5.82 Å². The highest BCUT2D eigenvalue weighted by Gasteiger charge is 2.24. The molecule has 0 aliphatic carbocycles. The number of hydrogen-bond acceptors (Lipinski definition) is 4. The molecule has 6 nitrogen and oxygen atoms in total. The van der Waals surface area contributed by atoms with Crippen LogP contribution < -0.4 is 10.2 Å². The fourth-order valence-corrected chi connectivity index (χ4v) is 2.95. The second-order valence-corrected chi connectivity index (χ2v) is 5.88. The predicted octanol–water partition coefficient (Wildman–Crippen LogP) is 1.87. The monoisotopic (exact) mass is 319 g/mol. The Kier molecular flexibility index (Phi) is 4.29. The van der Waals surface area contributed by atoms with Crippen LogP contribution in [0, 0.1) is 0 Å². The van der Waals surface area contributed by atoms with Crippen LogP contribution in [0.1, 0.15) is 23.2 Å². The average Bonchev–Trinajstić information content (AvgIpc) is 2.95. The van der Waals surface area contributed by atoms with Gasteiger partial charge in [-0.2, -0.15) is 5.10 Å². The number of anilines is 1. The van der Waals surface area contributed by atoms with Crippen molar-refractivity contribution in [1.82, 2.24) is 20.1 Å². The van der Waals surface area contributed by atoms with Gasteiger partial charge < -0.3 is 10.2 Å². The summed E-state index contributed by atoms with van der Waals surface area (Å²) in [5.74, 6) is 0.691. The summed E-state index contributed by atoms with van der Waals surface area (Å²) in [5, 5.41) is 7.73. The van der Waals surface area contributed by atoms with Crippen LogP contribution in [-0.2, 0) is 7.05 Å². The minimum Gasteiger partial charge on any atom is -0.353 e. The number of rotatable bonds is 3. The molecule has 2 aromatic rings.